The number of hydrogen-bond donors (Lipinski definition) is 1. The Bertz CT molecular complexity index is 1350. The average Bonchev–Trinajstić information content (AvgIpc) is 3.26. The summed E-state index contributed by atoms with van der Waals surface area (Å²) in [7, 11) is 1.62. The van der Waals surface area contributed by atoms with E-state index in [0.29, 0.717) is 40.2 Å². The predicted molar refractivity (Wildman–Crippen MR) is 158 cm³/mol. The van der Waals surface area contributed by atoms with Crippen LogP contribution in [0.2, 0.25) is 10.0 Å². The van der Waals surface area contributed by atoms with Gasteiger partial charge in [-0.15, -0.1) is 6.58 Å². The lowest BCUT2D eigenvalue weighted by Gasteiger charge is -2.60. The monoisotopic (exact) mass is 584 g/mol. The van der Waals surface area contributed by atoms with Crippen molar-refractivity contribution >= 4 is 29.1 Å². The quantitative estimate of drug-likeness (QED) is 0.384. The van der Waals surface area contributed by atoms with Gasteiger partial charge in [0.15, 0.2) is 11.5 Å². The summed E-state index contributed by atoms with van der Waals surface area (Å²) in [6.45, 7) is 10.7. The first-order chi connectivity index (χ1) is 19.2. The number of rotatable bonds is 8. The fraction of sp³-hybridized carbons (Fsp3) is 0.531. The fourth-order valence-electron chi connectivity index (χ4n) is 8.26. The molecule has 6 rings (SSSR count). The number of carbonyl (C=O) groups is 1. The van der Waals surface area contributed by atoms with E-state index in [1.165, 1.54) is 0 Å². The Kier molecular flexibility index (Phi) is 7.25. The van der Waals surface area contributed by atoms with E-state index in [0.717, 1.165) is 61.2 Å². The number of piperidine rings is 1. The van der Waals surface area contributed by atoms with E-state index < -0.39 is 0 Å². The maximum Gasteiger partial charge on any atom is 0.227 e. The summed E-state index contributed by atoms with van der Waals surface area (Å²) in [5, 5.41) is 12.1. The molecule has 1 saturated heterocycles. The normalized spacial score (nSPS) is 28.1. The minimum Gasteiger partial charge on any atom is -0.508 e. The number of likely N-dealkylation sites (tertiary alicyclic amines) is 1. The average molecular weight is 586 g/mol. The van der Waals surface area contributed by atoms with Crippen molar-refractivity contribution in [1.29, 1.82) is 0 Å². The maximum atomic E-state index is 14.1. The minimum absolute atomic E-state index is 0.0676. The summed E-state index contributed by atoms with van der Waals surface area (Å²) in [5.41, 5.74) is 2.67. The molecule has 0 unspecified atom stereocenters. The molecule has 2 aromatic carbocycles. The van der Waals surface area contributed by atoms with Crippen LogP contribution in [0.4, 0.5) is 0 Å². The van der Waals surface area contributed by atoms with Gasteiger partial charge in [0, 0.05) is 41.7 Å². The number of phenolic OH excluding ortho intramolecular Hbond substituents is 1. The molecular formula is C32H38Cl2N2O4. The molecule has 2 bridgehead atoms. The maximum absolute atomic E-state index is 14.1. The van der Waals surface area contributed by atoms with E-state index in [1.54, 1.807) is 25.3 Å². The van der Waals surface area contributed by atoms with E-state index in [2.05, 4.69) is 30.2 Å². The summed E-state index contributed by atoms with van der Waals surface area (Å²) in [6, 6.07) is 7.31. The first-order valence-electron chi connectivity index (χ1n) is 14.4. The van der Waals surface area contributed by atoms with Crippen LogP contribution in [-0.2, 0) is 23.1 Å². The summed E-state index contributed by atoms with van der Waals surface area (Å²) in [5.74, 6) is 2.34. The second-order valence-electron chi connectivity index (χ2n) is 12.3. The molecule has 8 heteroatoms. The van der Waals surface area contributed by atoms with Crippen molar-refractivity contribution in [1.82, 2.24) is 9.80 Å². The predicted octanol–water partition coefficient (Wildman–Crippen LogP) is 6.03. The molecule has 1 amide bonds. The lowest BCUT2D eigenvalue weighted by atomic mass is 9.50. The number of hydrogen-bond acceptors (Lipinski definition) is 5. The van der Waals surface area contributed by atoms with Crippen LogP contribution >= 0.6 is 23.2 Å². The van der Waals surface area contributed by atoms with Crippen LogP contribution < -0.4 is 9.47 Å². The van der Waals surface area contributed by atoms with E-state index in [4.69, 9.17) is 32.7 Å². The Hall–Kier alpha value is -2.41. The fourth-order valence-corrected chi connectivity index (χ4v) is 8.58. The molecule has 214 valence electrons. The smallest absolute Gasteiger partial charge is 0.227 e. The van der Waals surface area contributed by atoms with Gasteiger partial charge in [-0.2, -0.15) is 0 Å². The molecule has 1 spiro atoms. The van der Waals surface area contributed by atoms with Crippen molar-refractivity contribution in [2.24, 2.45) is 11.8 Å². The SMILES string of the molecule is C=CCN1CC[C@]23c4c5c(O)cc(OC)c4O[C@H]2[C@H](N(CC(C)C)C(=O)Cc2ccc(Cl)c(Cl)c2)CC[C@H]3[C@H]1C5. The van der Waals surface area contributed by atoms with Crippen LogP contribution in [0.1, 0.15) is 49.8 Å². The zero-order valence-corrected chi connectivity index (χ0v) is 25.0. The number of halogens is 2. The third-order valence-electron chi connectivity index (χ3n) is 9.70. The third kappa shape index (κ3) is 4.21. The highest BCUT2D eigenvalue weighted by molar-refractivity contribution is 6.42. The third-order valence-corrected chi connectivity index (χ3v) is 10.4. The molecule has 2 aliphatic heterocycles. The van der Waals surface area contributed by atoms with Gasteiger partial charge in [-0.05, 0) is 61.8 Å². The van der Waals surface area contributed by atoms with Gasteiger partial charge < -0.3 is 19.5 Å². The Morgan fingerprint density at radius 3 is 2.80 bits per heavy atom. The Morgan fingerprint density at radius 1 is 1.30 bits per heavy atom. The topological polar surface area (TPSA) is 62.2 Å². The van der Waals surface area contributed by atoms with E-state index in [-0.39, 0.29) is 35.6 Å². The number of benzene rings is 2. The lowest BCUT2D eigenvalue weighted by molar-refractivity contribution is -0.142. The van der Waals surface area contributed by atoms with Gasteiger partial charge >= 0.3 is 0 Å². The zero-order chi connectivity index (χ0) is 28.3. The Balaban J connectivity index is 1.42. The molecule has 1 saturated carbocycles. The molecule has 40 heavy (non-hydrogen) atoms. The molecule has 2 aliphatic carbocycles. The summed E-state index contributed by atoms with van der Waals surface area (Å²) < 4.78 is 12.7. The van der Waals surface area contributed by atoms with Gasteiger partial charge in [-0.25, -0.2) is 0 Å². The van der Waals surface area contributed by atoms with Crippen LogP contribution in [0.25, 0.3) is 0 Å². The highest BCUT2D eigenvalue weighted by atomic mass is 35.5. The van der Waals surface area contributed by atoms with Crippen molar-refractivity contribution in [2.45, 2.75) is 69.6 Å². The van der Waals surface area contributed by atoms with Crippen molar-refractivity contribution in [3.63, 3.8) is 0 Å². The van der Waals surface area contributed by atoms with E-state index >= 15 is 0 Å². The number of aromatic hydroxyl groups is 1. The number of methoxy groups -OCH3 is 1. The summed E-state index contributed by atoms with van der Waals surface area (Å²) in [6.07, 6.45) is 5.58. The van der Waals surface area contributed by atoms with Crippen LogP contribution in [-0.4, -0.2) is 65.7 Å². The van der Waals surface area contributed by atoms with Crippen molar-refractivity contribution in [3.05, 3.63) is 63.7 Å². The molecule has 5 atom stereocenters. The second-order valence-corrected chi connectivity index (χ2v) is 13.1. The van der Waals surface area contributed by atoms with Crippen LogP contribution in [0.5, 0.6) is 17.2 Å². The number of nitrogens with zero attached hydrogens (tertiary/aromatic N) is 2. The molecule has 2 aromatic rings. The van der Waals surface area contributed by atoms with Gasteiger partial charge in [0.25, 0.3) is 0 Å². The van der Waals surface area contributed by atoms with Crippen LogP contribution in [0.15, 0.2) is 36.9 Å². The minimum atomic E-state index is -0.278. The highest BCUT2D eigenvalue weighted by Crippen LogP contribution is 2.65. The van der Waals surface area contributed by atoms with Gasteiger partial charge in [-0.1, -0.05) is 49.2 Å². The number of phenols is 1. The van der Waals surface area contributed by atoms with Crippen molar-refractivity contribution in [2.75, 3.05) is 26.7 Å². The molecule has 0 radical (unpaired) electrons. The first-order valence-corrected chi connectivity index (χ1v) is 15.1. The van der Waals surface area contributed by atoms with Crippen molar-refractivity contribution < 1.29 is 19.4 Å². The highest BCUT2D eigenvalue weighted by Gasteiger charge is 2.67. The summed E-state index contributed by atoms with van der Waals surface area (Å²) >= 11 is 12.4. The molecular weight excluding hydrogens is 547 g/mol. The van der Waals surface area contributed by atoms with Crippen LogP contribution in [0, 0.1) is 11.8 Å². The number of ether oxygens (including phenoxy) is 2. The first kappa shape index (κ1) is 27.7. The van der Waals surface area contributed by atoms with E-state index in [9.17, 15) is 9.90 Å². The summed E-state index contributed by atoms with van der Waals surface area (Å²) in [4.78, 5) is 18.7. The van der Waals surface area contributed by atoms with Gasteiger partial charge in [0.05, 0.1) is 29.6 Å². The van der Waals surface area contributed by atoms with Crippen LogP contribution in [0.3, 0.4) is 0 Å². The van der Waals surface area contributed by atoms with Crippen molar-refractivity contribution in [3.8, 4) is 17.2 Å². The Labute approximate surface area is 246 Å². The molecule has 2 heterocycles. The standard InChI is InChI=1S/C32H38Cl2N2O4/c1-5-11-35-12-10-32-21-7-9-24(36(17-18(2)3)28(38)14-19-6-8-22(33)23(34)13-19)31(32)40-30-27(39-4)16-26(37)20(29(30)32)15-25(21)35/h5-6,8,13,16,18,21,24-25,31,37H,1,7,9-12,14-15,17H2,2-4H3/t21-,24+,25+,31-,32-/m0/s1. The molecule has 1 N–H and O–H groups in total. The zero-order valence-electron chi connectivity index (χ0n) is 23.5. The molecule has 6 nitrogen and oxygen atoms in total. The molecule has 4 aliphatic rings. The molecule has 0 aromatic heterocycles. The molecule has 2 fully saturated rings. The van der Waals surface area contributed by atoms with Gasteiger partial charge in [-0.3, -0.25) is 9.69 Å². The Morgan fingerprint density at radius 2 is 2.10 bits per heavy atom. The second kappa shape index (κ2) is 10.5. The number of carbonyl (C=O) groups excluding carboxylic acids is 1. The van der Waals surface area contributed by atoms with Gasteiger partial charge in [0.1, 0.15) is 11.9 Å². The lowest BCUT2D eigenvalue weighted by Crippen LogP contribution is -2.69. The van der Waals surface area contributed by atoms with E-state index in [1.807, 2.05) is 12.1 Å². The largest absolute Gasteiger partial charge is 0.508 e. The number of amides is 1. The van der Waals surface area contributed by atoms with Gasteiger partial charge in [0.2, 0.25) is 5.91 Å².